The molecule has 0 aromatic carbocycles. The Balaban J connectivity index is 4.45. The van der Waals surface area contributed by atoms with Crippen molar-refractivity contribution in [2.45, 2.75) is 39.2 Å². The van der Waals surface area contributed by atoms with Crippen molar-refractivity contribution < 1.29 is 17.6 Å². The molecule has 5 heteroatoms. The van der Waals surface area contributed by atoms with Crippen molar-refractivity contribution >= 4 is 0 Å². The van der Waals surface area contributed by atoms with Crippen molar-refractivity contribution in [3.05, 3.63) is 0 Å². The number of alkyl halides is 4. The summed E-state index contributed by atoms with van der Waals surface area (Å²) >= 11 is 0. The lowest BCUT2D eigenvalue weighted by molar-refractivity contribution is -0.168. The fraction of sp³-hybridized carbons (Fsp3) is 1.00. The molecule has 0 bridgehead atoms. The zero-order valence-corrected chi connectivity index (χ0v) is 8.03. The third-order valence-electron chi connectivity index (χ3n) is 2.21. The standard InChI is InChI=1S/C8H15F4N/c1-4-13(5-2)6(3)8(11,12)7(9)10/h6-7H,4-5H2,1-3H3. The van der Waals surface area contributed by atoms with Gasteiger partial charge in [-0.15, -0.1) is 0 Å². The highest BCUT2D eigenvalue weighted by Gasteiger charge is 2.48. The van der Waals surface area contributed by atoms with E-state index in [0.29, 0.717) is 13.1 Å². The third-order valence-corrected chi connectivity index (χ3v) is 2.21. The van der Waals surface area contributed by atoms with Crippen LogP contribution in [-0.2, 0) is 0 Å². The van der Waals surface area contributed by atoms with E-state index in [1.165, 1.54) is 4.90 Å². The SMILES string of the molecule is CCN(CC)C(C)C(F)(F)C(F)F. The number of rotatable bonds is 5. The third kappa shape index (κ3) is 2.83. The fourth-order valence-corrected chi connectivity index (χ4v) is 1.20. The molecule has 0 aromatic rings. The Kier molecular flexibility index (Phi) is 4.67. The molecule has 0 rings (SSSR count). The largest absolute Gasteiger partial charge is 0.322 e. The monoisotopic (exact) mass is 201 g/mol. The number of hydrogen-bond acceptors (Lipinski definition) is 1. The highest BCUT2D eigenvalue weighted by Crippen LogP contribution is 2.29. The van der Waals surface area contributed by atoms with E-state index in [0.717, 1.165) is 6.92 Å². The molecule has 0 amide bonds. The molecule has 0 aromatic heterocycles. The van der Waals surface area contributed by atoms with Crippen molar-refractivity contribution in [1.29, 1.82) is 0 Å². The summed E-state index contributed by atoms with van der Waals surface area (Å²) < 4.78 is 49.4. The molecule has 1 unspecified atom stereocenters. The van der Waals surface area contributed by atoms with Gasteiger partial charge in [0.05, 0.1) is 6.04 Å². The van der Waals surface area contributed by atoms with Gasteiger partial charge in [0.1, 0.15) is 0 Å². The number of hydrogen-bond donors (Lipinski definition) is 0. The topological polar surface area (TPSA) is 3.24 Å². The second kappa shape index (κ2) is 4.79. The molecule has 13 heavy (non-hydrogen) atoms. The minimum Gasteiger partial charge on any atom is -0.295 e. The first-order chi connectivity index (χ1) is 5.87. The Hall–Kier alpha value is -0.320. The molecule has 80 valence electrons. The smallest absolute Gasteiger partial charge is 0.295 e. The second-order valence-electron chi connectivity index (χ2n) is 2.87. The Bertz CT molecular complexity index is 145. The van der Waals surface area contributed by atoms with Gasteiger partial charge < -0.3 is 0 Å². The average Bonchev–Trinajstić information content (AvgIpc) is 2.06. The highest BCUT2D eigenvalue weighted by atomic mass is 19.3. The normalized spacial score (nSPS) is 15.5. The van der Waals surface area contributed by atoms with Gasteiger partial charge in [0.15, 0.2) is 0 Å². The summed E-state index contributed by atoms with van der Waals surface area (Å²) in [5.41, 5.74) is 0. The zero-order chi connectivity index (χ0) is 10.6. The van der Waals surface area contributed by atoms with Gasteiger partial charge in [-0.05, 0) is 20.0 Å². The zero-order valence-electron chi connectivity index (χ0n) is 8.03. The van der Waals surface area contributed by atoms with Crippen molar-refractivity contribution in [3.63, 3.8) is 0 Å². The van der Waals surface area contributed by atoms with Crippen LogP contribution in [0.5, 0.6) is 0 Å². The van der Waals surface area contributed by atoms with Gasteiger partial charge in [-0.3, -0.25) is 4.90 Å². The van der Waals surface area contributed by atoms with Crippen LogP contribution in [0.3, 0.4) is 0 Å². The number of halogens is 4. The summed E-state index contributed by atoms with van der Waals surface area (Å²) in [6, 6.07) is -1.41. The van der Waals surface area contributed by atoms with Gasteiger partial charge in [-0.2, -0.15) is 8.78 Å². The van der Waals surface area contributed by atoms with E-state index >= 15 is 0 Å². The maximum Gasteiger partial charge on any atom is 0.322 e. The maximum atomic E-state index is 12.8. The first-order valence-electron chi connectivity index (χ1n) is 4.27. The van der Waals surface area contributed by atoms with Crippen LogP contribution in [0, 0.1) is 0 Å². The van der Waals surface area contributed by atoms with Crippen LogP contribution in [0.1, 0.15) is 20.8 Å². The predicted octanol–water partition coefficient (Wildman–Crippen LogP) is 2.62. The first kappa shape index (κ1) is 12.7. The molecule has 0 fully saturated rings. The molecule has 0 aliphatic carbocycles. The minimum atomic E-state index is -3.92. The lowest BCUT2D eigenvalue weighted by atomic mass is 10.1. The van der Waals surface area contributed by atoms with Crippen molar-refractivity contribution in [1.82, 2.24) is 4.90 Å². The van der Waals surface area contributed by atoms with E-state index in [1.807, 2.05) is 0 Å². The summed E-state index contributed by atoms with van der Waals surface area (Å²) in [6.45, 7) is 5.15. The van der Waals surface area contributed by atoms with E-state index in [-0.39, 0.29) is 0 Å². The maximum absolute atomic E-state index is 12.8. The van der Waals surface area contributed by atoms with Gasteiger partial charge in [-0.25, -0.2) is 8.78 Å². The van der Waals surface area contributed by atoms with E-state index in [4.69, 9.17) is 0 Å². The van der Waals surface area contributed by atoms with Gasteiger partial charge in [0.25, 0.3) is 0 Å². The first-order valence-corrected chi connectivity index (χ1v) is 4.27. The second-order valence-corrected chi connectivity index (χ2v) is 2.87. The van der Waals surface area contributed by atoms with E-state index in [2.05, 4.69) is 0 Å². The summed E-state index contributed by atoms with van der Waals surface area (Å²) in [7, 11) is 0. The summed E-state index contributed by atoms with van der Waals surface area (Å²) in [5.74, 6) is -3.92. The Morgan fingerprint density at radius 3 is 1.77 bits per heavy atom. The molecule has 0 heterocycles. The predicted molar refractivity (Wildman–Crippen MR) is 43.3 cm³/mol. The Morgan fingerprint density at radius 1 is 1.15 bits per heavy atom. The van der Waals surface area contributed by atoms with Crippen LogP contribution in [-0.4, -0.2) is 36.4 Å². The van der Waals surface area contributed by atoms with E-state index in [9.17, 15) is 17.6 Å². The van der Waals surface area contributed by atoms with Crippen LogP contribution < -0.4 is 0 Å². The summed E-state index contributed by atoms with van der Waals surface area (Å²) in [4.78, 5) is 1.31. The molecule has 1 nitrogen and oxygen atoms in total. The molecule has 0 saturated heterocycles. The van der Waals surface area contributed by atoms with Crippen molar-refractivity contribution in [3.8, 4) is 0 Å². The lowest BCUT2D eigenvalue weighted by Crippen LogP contribution is -2.49. The average molecular weight is 201 g/mol. The van der Waals surface area contributed by atoms with Crippen LogP contribution in [0.25, 0.3) is 0 Å². The molecular weight excluding hydrogens is 186 g/mol. The van der Waals surface area contributed by atoms with E-state index < -0.39 is 18.4 Å². The van der Waals surface area contributed by atoms with Crippen molar-refractivity contribution in [2.75, 3.05) is 13.1 Å². The Labute approximate surface area is 75.7 Å². The molecule has 0 aliphatic heterocycles. The van der Waals surface area contributed by atoms with E-state index in [1.54, 1.807) is 13.8 Å². The molecule has 0 saturated carbocycles. The minimum absolute atomic E-state index is 0.347. The number of nitrogens with zero attached hydrogens (tertiary/aromatic N) is 1. The van der Waals surface area contributed by atoms with Gasteiger partial charge in [0.2, 0.25) is 0 Å². The lowest BCUT2D eigenvalue weighted by Gasteiger charge is -2.32. The highest BCUT2D eigenvalue weighted by molar-refractivity contribution is 4.83. The van der Waals surface area contributed by atoms with Crippen LogP contribution in [0.2, 0.25) is 0 Å². The molecule has 0 N–H and O–H groups in total. The summed E-state index contributed by atoms with van der Waals surface area (Å²) in [5, 5.41) is 0. The Morgan fingerprint density at radius 2 is 1.54 bits per heavy atom. The van der Waals surface area contributed by atoms with Gasteiger partial charge in [0, 0.05) is 0 Å². The quantitative estimate of drug-likeness (QED) is 0.618. The molecular formula is C8H15F4N. The van der Waals surface area contributed by atoms with Crippen molar-refractivity contribution in [2.24, 2.45) is 0 Å². The molecule has 0 aliphatic rings. The van der Waals surface area contributed by atoms with Crippen LogP contribution in [0.15, 0.2) is 0 Å². The van der Waals surface area contributed by atoms with Gasteiger partial charge in [-0.1, -0.05) is 13.8 Å². The fourth-order valence-electron chi connectivity index (χ4n) is 1.20. The van der Waals surface area contributed by atoms with Gasteiger partial charge >= 0.3 is 12.3 Å². The molecule has 0 spiro atoms. The van der Waals surface area contributed by atoms with Crippen LogP contribution >= 0.6 is 0 Å². The summed E-state index contributed by atoms with van der Waals surface area (Å²) in [6.07, 6.45) is -3.59. The molecule has 0 radical (unpaired) electrons. The van der Waals surface area contributed by atoms with Crippen LogP contribution in [0.4, 0.5) is 17.6 Å². The molecule has 1 atom stereocenters.